The zero-order chi connectivity index (χ0) is 23.9. The monoisotopic (exact) mass is 511 g/mol. The molecular weight excluding hydrogens is 478 g/mol. The van der Waals surface area contributed by atoms with E-state index in [4.69, 9.17) is 10.1 Å². The first-order valence-corrected chi connectivity index (χ1v) is 12.7. The van der Waals surface area contributed by atoms with Crippen LogP contribution in [-0.2, 0) is 4.79 Å². The molecule has 3 aromatic rings. The molecule has 1 aliphatic rings. The number of hydrogen-bond acceptors (Lipinski definition) is 3. The Kier molecular flexibility index (Phi) is 6.85. The summed E-state index contributed by atoms with van der Waals surface area (Å²) in [6.07, 6.45) is 6.34. The van der Waals surface area contributed by atoms with Crippen LogP contribution in [0.4, 0.5) is 5.69 Å². The maximum Gasteiger partial charge on any atom is 0.303 e. The van der Waals surface area contributed by atoms with Crippen molar-refractivity contribution in [2.75, 3.05) is 18.0 Å². The van der Waals surface area contributed by atoms with Crippen molar-refractivity contribution in [2.24, 2.45) is 5.92 Å². The van der Waals surface area contributed by atoms with E-state index >= 15 is 0 Å². The van der Waals surface area contributed by atoms with Gasteiger partial charge in [-0.3, -0.25) is 9.36 Å². The number of halogens is 1. The lowest BCUT2D eigenvalue weighted by Gasteiger charge is -2.35. The number of fused-ring (bicyclic) bond motifs is 1. The van der Waals surface area contributed by atoms with Crippen molar-refractivity contribution in [2.45, 2.75) is 66.7 Å². The first kappa shape index (κ1) is 23.8. The third kappa shape index (κ3) is 4.54. The Morgan fingerprint density at radius 1 is 1.06 bits per heavy atom. The maximum absolute atomic E-state index is 10.8. The van der Waals surface area contributed by atoms with Gasteiger partial charge in [0.05, 0.1) is 11.4 Å². The van der Waals surface area contributed by atoms with Crippen LogP contribution >= 0.6 is 15.9 Å². The number of rotatable bonds is 6. The Bertz CT molecular complexity index is 1180. The molecular formula is C27H34BrN3O2. The molecule has 1 aromatic carbocycles. The van der Waals surface area contributed by atoms with Crippen molar-refractivity contribution >= 4 is 38.6 Å². The number of aromatic nitrogens is 2. The van der Waals surface area contributed by atoms with Crippen LogP contribution in [0.5, 0.6) is 0 Å². The van der Waals surface area contributed by atoms with E-state index in [2.05, 4.69) is 72.1 Å². The molecule has 0 amide bonds. The number of piperidine rings is 1. The molecule has 176 valence electrons. The minimum absolute atomic E-state index is 0.283. The number of nitrogens with zero attached hydrogens (tertiary/aromatic N) is 3. The van der Waals surface area contributed by atoms with Gasteiger partial charge in [0, 0.05) is 41.3 Å². The Labute approximate surface area is 204 Å². The fourth-order valence-corrected chi connectivity index (χ4v) is 6.22. The van der Waals surface area contributed by atoms with Crippen LogP contribution in [0.3, 0.4) is 0 Å². The molecule has 0 radical (unpaired) electrons. The van der Waals surface area contributed by atoms with Gasteiger partial charge in [-0.2, -0.15) is 0 Å². The second-order valence-corrected chi connectivity index (χ2v) is 10.6. The molecule has 0 saturated carbocycles. The predicted molar refractivity (Wildman–Crippen MR) is 139 cm³/mol. The molecule has 4 rings (SSSR count). The van der Waals surface area contributed by atoms with Crippen molar-refractivity contribution in [3.63, 3.8) is 0 Å². The molecule has 1 aliphatic heterocycles. The molecule has 0 spiro atoms. The minimum atomic E-state index is -0.686. The van der Waals surface area contributed by atoms with Crippen LogP contribution in [-0.4, -0.2) is 33.7 Å². The van der Waals surface area contributed by atoms with Crippen LogP contribution in [0.2, 0.25) is 0 Å². The van der Waals surface area contributed by atoms with Crippen molar-refractivity contribution in [3.05, 3.63) is 50.8 Å². The fourth-order valence-electron chi connectivity index (χ4n) is 5.53. The van der Waals surface area contributed by atoms with Crippen molar-refractivity contribution < 1.29 is 9.90 Å². The molecule has 0 aliphatic carbocycles. The second-order valence-electron chi connectivity index (χ2n) is 9.64. The summed E-state index contributed by atoms with van der Waals surface area (Å²) in [6.45, 7) is 12.9. The number of anilines is 1. The molecule has 0 atom stereocenters. The molecule has 2 aromatic heterocycles. The first-order valence-electron chi connectivity index (χ1n) is 11.9. The quantitative estimate of drug-likeness (QED) is 0.395. The summed E-state index contributed by atoms with van der Waals surface area (Å²) >= 11 is 3.63. The maximum atomic E-state index is 10.8. The van der Waals surface area contributed by atoms with Gasteiger partial charge in [0.1, 0.15) is 5.65 Å². The molecule has 1 saturated heterocycles. The minimum Gasteiger partial charge on any atom is -0.481 e. The molecule has 1 N–H and O–H groups in total. The number of carboxylic acids is 1. The zero-order valence-electron chi connectivity index (χ0n) is 20.3. The number of benzene rings is 1. The van der Waals surface area contributed by atoms with Crippen molar-refractivity contribution in [1.29, 1.82) is 0 Å². The van der Waals surface area contributed by atoms with E-state index in [9.17, 15) is 4.79 Å². The fraction of sp³-hybridized carbons (Fsp3) is 0.481. The first-order chi connectivity index (χ1) is 15.7. The highest BCUT2D eigenvalue weighted by Crippen LogP contribution is 2.39. The van der Waals surface area contributed by atoms with Gasteiger partial charge in [-0.1, -0.05) is 15.9 Å². The largest absolute Gasteiger partial charge is 0.481 e. The van der Waals surface area contributed by atoms with Crippen LogP contribution in [0.1, 0.15) is 60.1 Å². The lowest BCUT2D eigenvalue weighted by atomic mass is 9.91. The van der Waals surface area contributed by atoms with Gasteiger partial charge in [0.25, 0.3) is 0 Å². The SMILES string of the molecule is Cc1cc(Br)cc(C)c1-n1c(C)c(C)c2c(N3CCC(CCCC(=O)O)CC3)c(C)cnc21. The molecule has 6 heteroatoms. The van der Waals surface area contributed by atoms with E-state index < -0.39 is 5.97 Å². The Morgan fingerprint density at radius 2 is 1.70 bits per heavy atom. The topological polar surface area (TPSA) is 58.4 Å². The summed E-state index contributed by atoms with van der Waals surface area (Å²) in [5.74, 6) is -0.0624. The lowest BCUT2D eigenvalue weighted by molar-refractivity contribution is -0.137. The number of pyridine rings is 1. The van der Waals surface area contributed by atoms with E-state index in [1.165, 1.54) is 44.7 Å². The molecule has 5 nitrogen and oxygen atoms in total. The van der Waals surface area contributed by atoms with Gasteiger partial charge in [-0.05, 0) is 101 Å². The van der Waals surface area contributed by atoms with Crippen molar-refractivity contribution in [3.8, 4) is 5.69 Å². The Morgan fingerprint density at radius 3 is 2.30 bits per heavy atom. The smallest absolute Gasteiger partial charge is 0.303 e. The van der Waals surface area contributed by atoms with Crippen LogP contribution in [0, 0.1) is 40.5 Å². The number of hydrogen-bond donors (Lipinski definition) is 1. The number of carbonyl (C=O) groups is 1. The Balaban J connectivity index is 1.71. The summed E-state index contributed by atoms with van der Waals surface area (Å²) in [5.41, 5.74) is 9.77. The lowest BCUT2D eigenvalue weighted by Crippen LogP contribution is -2.34. The van der Waals surface area contributed by atoms with Crippen LogP contribution in [0.25, 0.3) is 16.7 Å². The molecule has 0 bridgehead atoms. The Hall–Kier alpha value is -2.34. The predicted octanol–water partition coefficient (Wildman–Crippen LogP) is 6.80. The van der Waals surface area contributed by atoms with Crippen LogP contribution in [0.15, 0.2) is 22.8 Å². The van der Waals surface area contributed by atoms with E-state index in [0.717, 1.165) is 48.9 Å². The second kappa shape index (κ2) is 9.49. The van der Waals surface area contributed by atoms with Gasteiger partial charge in [0.15, 0.2) is 0 Å². The van der Waals surface area contributed by atoms with Gasteiger partial charge in [0.2, 0.25) is 0 Å². The number of aliphatic carboxylic acids is 1. The third-order valence-electron chi connectivity index (χ3n) is 7.29. The highest BCUT2D eigenvalue weighted by molar-refractivity contribution is 9.10. The average molecular weight is 512 g/mol. The van der Waals surface area contributed by atoms with E-state index in [0.29, 0.717) is 5.92 Å². The molecule has 33 heavy (non-hydrogen) atoms. The number of aryl methyl sites for hydroxylation is 4. The van der Waals surface area contributed by atoms with Gasteiger partial charge in [-0.15, -0.1) is 0 Å². The molecule has 0 unspecified atom stereocenters. The normalized spacial score (nSPS) is 14.9. The summed E-state index contributed by atoms with van der Waals surface area (Å²) in [6, 6.07) is 4.35. The van der Waals surface area contributed by atoms with Crippen LogP contribution < -0.4 is 4.90 Å². The summed E-state index contributed by atoms with van der Waals surface area (Å²) in [5, 5.41) is 10.2. The highest BCUT2D eigenvalue weighted by Gasteiger charge is 2.26. The summed E-state index contributed by atoms with van der Waals surface area (Å²) < 4.78 is 3.44. The van der Waals surface area contributed by atoms with Gasteiger partial charge < -0.3 is 10.0 Å². The van der Waals surface area contributed by atoms with E-state index in [1.54, 1.807) is 0 Å². The molecule has 1 fully saturated rings. The highest BCUT2D eigenvalue weighted by atomic mass is 79.9. The summed E-state index contributed by atoms with van der Waals surface area (Å²) in [7, 11) is 0. The summed E-state index contributed by atoms with van der Waals surface area (Å²) in [4.78, 5) is 18.3. The number of carboxylic acid groups (broad SMARTS) is 1. The third-order valence-corrected chi connectivity index (χ3v) is 7.75. The van der Waals surface area contributed by atoms with E-state index in [-0.39, 0.29) is 6.42 Å². The zero-order valence-corrected chi connectivity index (χ0v) is 21.9. The van der Waals surface area contributed by atoms with Crippen molar-refractivity contribution in [1.82, 2.24) is 9.55 Å². The van der Waals surface area contributed by atoms with Gasteiger partial charge >= 0.3 is 5.97 Å². The average Bonchev–Trinajstić information content (AvgIpc) is 2.99. The molecule has 3 heterocycles. The van der Waals surface area contributed by atoms with E-state index in [1.807, 2.05) is 6.20 Å². The standard InChI is InChI=1S/C27H34BrN3O2/c1-16-13-22(28)14-17(2)25(16)31-20(5)19(4)24-26(18(3)15-29-27(24)31)30-11-9-21(10-12-30)7-6-8-23(32)33/h13-15,21H,6-12H2,1-5H3,(H,32,33). The van der Waals surface area contributed by atoms with Gasteiger partial charge in [-0.25, -0.2) is 4.98 Å².